The summed E-state index contributed by atoms with van der Waals surface area (Å²) in [5.41, 5.74) is 0. The average Bonchev–Trinajstić information content (AvgIpc) is 2.74. The van der Waals surface area contributed by atoms with Crippen molar-refractivity contribution in [2.45, 2.75) is 90.8 Å². The van der Waals surface area contributed by atoms with Gasteiger partial charge in [0.15, 0.2) is 0 Å². The molecule has 0 bridgehead atoms. The third-order valence-electron chi connectivity index (χ3n) is 5.38. The summed E-state index contributed by atoms with van der Waals surface area (Å²) in [7, 11) is 0. The molecule has 0 heterocycles. The van der Waals surface area contributed by atoms with E-state index >= 15 is 0 Å². The van der Waals surface area contributed by atoms with Gasteiger partial charge in [0.1, 0.15) is 6.10 Å². The van der Waals surface area contributed by atoms with Crippen molar-refractivity contribution in [2.24, 2.45) is 11.8 Å². The third-order valence-corrected chi connectivity index (χ3v) is 5.38. The SMILES string of the molecule is C/C=C/C=C/C=C/C=C/C=C/[C@H](C)[C@@H](O)[C@@H](C)[C@H](C)OC(=O)C[C@H](O)C[C@H](O)CC[C@H](C)O. The van der Waals surface area contributed by atoms with Gasteiger partial charge in [-0.05, 0) is 40.0 Å². The van der Waals surface area contributed by atoms with Crippen molar-refractivity contribution in [2.75, 3.05) is 0 Å². The minimum Gasteiger partial charge on any atom is -0.462 e. The number of aliphatic hydroxyl groups is 4. The molecular formula is C27H44O6. The second kappa shape index (κ2) is 18.4. The quantitative estimate of drug-likeness (QED) is 0.203. The van der Waals surface area contributed by atoms with Gasteiger partial charge in [-0.3, -0.25) is 4.79 Å². The number of ether oxygens (including phenoxy) is 1. The predicted octanol–water partition coefficient (Wildman–Crippen LogP) is 4.02. The molecule has 6 nitrogen and oxygen atoms in total. The molecule has 4 N–H and O–H groups in total. The van der Waals surface area contributed by atoms with E-state index in [4.69, 9.17) is 4.74 Å². The first-order chi connectivity index (χ1) is 15.6. The number of rotatable bonds is 16. The van der Waals surface area contributed by atoms with Crippen LogP contribution in [0.2, 0.25) is 0 Å². The van der Waals surface area contributed by atoms with Crippen LogP contribution in [-0.2, 0) is 9.53 Å². The highest BCUT2D eigenvalue weighted by molar-refractivity contribution is 5.70. The van der Waals surface area contributed by atoms with E-state index in [9.17, 15) is 25.2 Å². The number of esters is 1. The lowest BCUT2D eigenvalue weighted by atomic mass is 9.89. The van der Waals surface area contributed by atoms with Gasteiger partial charge in [0, 0.05) is 11.8 Å². The zero-order chi connectivity index (χ0) is 25.2. The molecule has 6 heteroatoms. The van der Waals surface area contributed by atoms with Crippen molar-refractivity contribution in [1.29, 1.82) is 0 Å². The third kappa shape index (κ3) is 16.3. The fraction of sp³-hybridized carbons (Fsp3) is 0.593. The van der Waals surface area contributed by atoms with Crippen LogP contribution in [0.15, 0.2) is 60.8 Å². The molecule has 0 fully saturated rings. The molecule has 0 spiro atoms. The Morgan fingerprint density at radius 3 is 1.88 bits per heavy atom. The standard InChI is InChI=1S/C27H44O6/c1-6-7-8-9-10-11-12-13-14-15-20(2)27(32)22(4)23(5)33-26(31)19-25(30)18-24(29)17-16-21(3)28/h6-15,20-25,27-30,32H,16-19H2,1-5H3/b7-6+,9-8+,11-10+,13-12+,15-14+/t20-,21-,22-,23-,24+,25+,27+/m0/s1. The van der Waals surface area contributed by atoms with E-state index in [0.717, 1.165) is 0 Å². The molecule has 0 aromatic carbocycles. The normalized spacial score (nSPS) is 19.4. The fourth-order valence-electron chi connectivity index (χ4n) is 3.11. The average molecular weight is 465 g/mol. The molecule has 0 saturated carbocycles. The maximum Gasteiger partial charge on any atom is 0.308 e. The molecule has 0 aliphatic carbocycles. The summed E-state index contributed by atoms with van der Waals surface area (Å²) in [6.07, 6.45) is 16.2. The van der Waals surface area contributed by atoms with E-state index in [1.807, 2.05) is 81.5 Å². The highest BCUT2D eigenvalue weighted by atomic mass is 16.5. The van der Waals surface area contributed by atoms with Gasteiger partial charge in [0.25, 0.3) is 0 Å². The van der Waals surface area contributed by atoms with Gasteiger partial charge in [-0.25, -0.2) is 0 Å². The van der Waals surface area contributed by atoms with Gasteiger partial charge in [-0.2, -0.15) is 0 Å². The minimum absolute atomic E-state index is 0.0466. The molecule has 0 radical (unpaired) electrons. The second-order valence-corrected chi connectivity index (χ2v) is 8.64. The lowest BCUT2D eigenvalue weighted by Crippen LogP contribution is -2.35. The monoisotopic (exact) mass is 464 g/mol. The molecule has 0 amide bonds. The van der Waals surface area contributed by atoms with Crippen LogP contribution in [-0.4, -0.2) is 56.9 Å². The molecular weight excluding hydrogens is 420 g/mol. The van der Waals surface area contributed by atoms with Gasteiger partial charge >= 0.3 is 5.97 Å². The molecule has 0 saturated heterocycles. The molecule has 7 atom stereocenters. The number of carbonyl (C=O) groups excluding carboxylic acids is 1. The fourth-order valence-corrected chi connectivity index (χ4v) is 3.11. The van der Waals surface area contributed by atoms with E-state index in [1.165, 1.54) is 0 Å². The predicted molar refractivity (Wildman–Crippen MR) is 133 cm³/mol. The molecule has 0 aromatic rings. The Kier molecular flexibility index (Phi) is 17.3. The van der Waals surface area contributed by atoms with E-state index in [1.54, 1.807) is 13.8 Å². The second-order valence-electron chi connectivity index (χ2n) is 8.64. The molecule has 0 unspecified atom stereocenters. The first-order valence-corrected chi connectivity index (χ1v) is 11.8. The largest absolute Gasteiger partial charge is 0.462 e. The Labute approximate surface area is 199 Å². The van der Waals surface area contributed by atoms with Crippen LogP contribution in [0.3, 0.4) is 0 Å². The van der Waals surface area contributed by atoms with Crippen molar-refractivity contribution in [1.82, 2.24) is 0 Å². The Balaban J connectivity index is 4.46. The van der Waals surface area contributed by atoms with Crippen molar-refractivity contribution < 1.29 is 30.0 Å². The van der Waals surface area contributed by atoms with Gasteiger partial charge in [-0.1, -0.05) is 74.6 Å². The van der Waals surface area contributed by atoms with Crippen LogP contribution in [0.1, 0.15) is 60.3 Å². The maximum atomic E-state index is 12.1. The smallest absolute Gasteiger partial charge is 0.308 e. The summed E-state index contributed by atoms with van der Waals surface area (Å²) >= 11 is 0. The van der Waals surface area contributed by atoms with E-state index in [2.05, 4.69) is 0 Å². The lowest BCUT2D eigenvalue weighted by molar-refractivity contribution is -0.155. The molecule has 33 heavy (non-hydrogen) atoms. The summed E-state index contributed by atoms with van der Waals surface area (Å²) in [6, 6.07) is 0. The van der Waals surface area contributed by atoms with Gasteiger partial charge in [0.2, 0.25) is 0 Å². The van der Waals surface area contributed by atoms with Crippen LogP contribution in [0, 0.1) is 11.8 Å². The summed E-state index contributed by atoms with van der Waals surface area (Å²) in [5, 5.41) is 39.7. The highest BCUT2D eigenvalue weighted by Gasteiger charge is 2.27. The maximum absolute atomic E-state index is 12.1. The molecule has 0 rings (SSSR count). The van der Waals surface area contributed by atoms with E-state index in [-0.39, 0.29) is 24.7 Å². The van der Waals surface area contributed by atoms with Gasteiger partial charge < -0.3 is 25.2 Å². The van der Waals surface area contributed by atoms with Gasteiger partial charge in [-0.15, -0.1) is 0 Å². The molecule has 0 aliphatic heterocycles. The summed E-state index contributed by atoms with van der Waals surface area (Å²) < 4.78 is 5.39. The van der Waals surface area contributed by atoms with Crippen LogP contribution < -0.4 is 0 Å². The highest BCUT2D eigenvalue weighted by Crippen LogP contribution is 2.20. The number of carbonyl (C=O) groups is 1. The Hall–Kier alpha value is -1.99. The van der Waals surface area contributed by atoms with Gasteiger partial charge in [0.05, 0.1) is 30.8 Å². The molecule has 0 aromatic heterocycles. The number of hydrogen-bond acceptors (Lipinski definition) is 6. The van der Waals surface area contributed by atoms with Crippen molar-refractivity contribution in [3.8, 4) is 0 Å². The number of allylic oxidation sites excluding steroid dienone is 9. The Bertz CT molecular complexity index is 662. The Morgan fingerprint density at radius 1 is 0.788 bits per heavy atom. The Morgan fingerprint density at radius 2 is 1.33 bits per heavy atom. The first kappa shape index (κ1) is 31.0. The van der Waals surface area contributed by atoms with Crippen molar-refractivity contribution in [3.05, 3.63) is 60.8 Å². The van der Waals surface area contributed by atoms with E-state index in [0.29, 0.717) is 12.8 Å². The van der Waals surface area contributed by atoms with E-state index < -0.39 is 36.5 Å². The van der Waals surface area contributed by atoms with Crippen LogP contribution in [0.25, 0.3) is 0 Å². The van der Waals surface area contributed by atoms with Crippen molar-refractivity contribution >= 4 is 5.97 Å². The van der Waals surface area contributed by atoms with Crippen LogP contribution in [0.4, 0.5) is 0 Å². The molecule has 188 valence electrons. The first-order valence-electron chi connectivity index (χ1n) is 11.8. The van der Waals surface area contributed by atoms with Crippen LogP contribution >= 0.6 is 0 Å². The van der Waals surface area contributed by atoms with Crippen LogP contribution in [0.5, 0.6) is 0 Å². The minimum atomic E-state index is -1.02. The molecule has 0 aliphatic rings. The zero-order valence-electron chi connectivity index (χ0n) is 20.7. The number of hydrogen-bond donors (Lipinski definition) is 4. The number of aliphatic hydroxyl groups excluding tert-OH is 4. The van der Waals surface area contributed by atoms with Crippen molar-refractivity contribution in [3.63, 3.8) is 0 Å². The summed E-state index contributed by atoms with van der Waals surface area (Å²) in [6.45, 7) is 9.03. The summed E-state index contributed by atoms with van der Waals surface area (Å²) in [5.74, 6) is -1.01. The zero-order valence-corrected chi connectivity index (χ0v) is 20.7. The summed E-state index contributed by atoms with van der Waals surface area (Å²) in [4.78, 5) is 12.1. The topological polar surface area (TPSA) is 107 Å². The lowest BCUT2D eigenvalue weighted by Gasteiger charge is -2.28.